The van der Waals surface area contributed by atoms with Crippen molar-refractivity contribution in [3.05, 3.63) is 12.3 Å². The molecule has 1 atom stereocenters. The van der Waals surface area contributed by atoms with Gasteiger partial charge in [0.05, 0.1) is 6.20 Å². The van der Waals surface area contributed by atoms with E-state index in [0.29, 0.717) is 19.5 Å². The molecule has 78 valence electrons. The van der Waals surface area contributed by atoms with Crippen molar-refractivity contribution < 1.29 is 8.42 Å². The number of aromatic amines is 1. The van der Waals surface area contributed by atoms with E-state index in [-0.39, 0.29) is 11.1 Å². The number of rotatable bonds is 2. The molecule has 2 heterocycles. The molecule has 7 heteroatoms. The van der Waals surface area contributed by atoms with Crippen molar-refractivity contribution in [2.24, 2.45) is 5.73 Å². The predicted molar refractivity (Wildman–Crippen MR) is 49.9 cm³/mol. The fraction of sp³-hybridized carbons (Fsp3) is 0.571. The molecule has 14 heavy (non-hydrogen) atoms. The van der Waals surface area contributed by atoms with Crippen LogP contribution in [0.5, 0.6) is 0 Å². The first-order valence-corrected chi connectivity index (χ1v) is 5.80. The molecule has 0 amide bonds. The quantitative estimate of drug-likeness (QED) is 0.672. The van der Waals surface area contributed by atoms with Crippen LogP contribution in [-0.2, 0) is 10.0 Å². The van der Waals surface area contributed by atoms with Crippen LogP contribution in [0, 0.1) is 0 Å². The molecule has 1 aromatic heterocycles. The Morgan fingerprint density at radius 1 is 1.64 bits per heavy atom. The molecule has 0 aromatic carbocycles. The number of hydrogen-bond acceptors (Lipinski definition) is 4. The summed E-state index contributed by atoms with van der Waals surface area (Å²) >= 11 is 0. The number of sulfonamides is 1. The molecule has 1 fully saturated rings. The van der Waals surface area contributed by atoms with Gasteiger partial charge in [-0.1, -0.05) is 0 Å². The van der Waals surface area contributed by atoms with Gasteiger partial charge in [0.2, 0.25) is 0 Å². The molecule has 6 nitrogen and oxygen atoms in total. The number of aromatic nitrogens is 2. The zero-order chi connectivity index (χ0) is 10.2. The number of hydrogen-bond donors (Lipinski definition) is 2. The van der Waals surface area contributed by atoms with Crippen molar-refractivity contribution in [2.45, 2.75) is 17.5 Å². The maximum Gasteiger partial charge on any atom is 0.260 e. The molecular weight excluding hydrogens is 204 g/mol. The third kappa shape index (κ3) is 1.54. The standard InChI is InChI=1S/C7H12N4O2S/c8-6-2-4-11(5-6)14(12,13)7-1-3-9-10-7/h1,3,6H,2,4-5,8H2,(H,9,10)/t6-/m0/s1. The molecule has 0 aliphatic carbocycles. The summed E-state index contributed by atoms with van der Waals surface area (Å²) in [5.41, 5.74) is 5.64. The molecule has 0 unspecified atom stereocenters. The Kier molecular flexibility index (Phi) is 2.30. The second kappa shape index (κ2) is 3.34. The lowest BCUT2D eigenvalue weighted by Crippen LogP contribution is -2.32. The van der Waals surface area contributed by atoms with E-state index in [0.717, 1.165) is 0 Å². The number of H-pyrrole nitrogens is 1. The minimum Gasteiger partial charge on any atom is -0.326 e. The molecule has 1 aliphatic rings. The monoisotopic (exact) mass is 216 g/mol. The Bertz CT molecular complexity index is 399. The molecule has 0 spiro atoms. The van der Waals surface area contributed by atoms with Crippen molar-refractivity contribution in [1.82, 2.24) is 14.5 Å². The maximum atomic E-state index is 11.8. The first-order chi connectivity index (χ1) is 6.60. The van der Waals surface area contributed by atoms with Gasteiger partial charge in [0, 0.05) is 19.1 Å². The third-order valence-electron chi connectivity index (χ3n) is 2.28. The Labute approximate surface area is 82.1 Å². The van der Waals surface area contributed by atoms with E-state index < -0.39 is 10.0 Å². The molecule has 1 aromatic rings. The molecular formula is C7H12N4O2S. The number of nitrogens with two attached hydrogens (primary N) is 1. The zero-order valence-corrected chi connectivity index (χ0v) is 8.37. The van der Waals surface area contributed by atoms with Crippen LogP contribution in [0.25, 0.3) is 0 Å². The van der Waals surface area contributed by atoms with Crippen LogP contribution in [0.3, 0.4) is 0 Å². The minimum atomic E-state index is -3.39. The van der Waals surface area contributed by atoms with Crippen LogP contribution >= 0.6 is 0 Å². The summed E-state index contributed by atoms with van der Waals surface area (Å²) in [5.74, 6) is 0. The highest BCUT2D eigenvalue weighted by atomic mass is 32.2. The van der Waals surface area contributed by atoms with E-state index in [9.17, 15) is 8.42 Å². The van der Waals surface area contributed by atoms with Gasteiger partial charge in [-0.05, 0) is 12.5 Å². The van der Waals surface area contributed by atoms with Gasteiger partial charge in [0.15, 0.2) is 5.03 Å². The summed E-state index contributed by atoms with van der Waals surface area (Å²) < 4.78 is 25.1. The zero-order valence-electron chi connectivity index (χ0n) is 7.55. The fourth-order valence-electron chi connectivity index (χ4n) is 1.50. The highest BCUT2D eigenvalue weighted by Crippen LogP contribution is 2.17. The summed E-state index contributed by atoms with van der Waals surface area (Å²) in [7, 11) is -3.39. The summed E-state index contributed by atoms with van der Waals surface area (Å²) in [6.45, 7) is 0.879. The molecule has 3 N–H and O–H groups in total. The molecule has 1 aliphatic heterocycles. The second-order valence-electron chi connectivity index (χ2n) is 3.33. The SMILES string of the molecule is N[C@H]1CCN(S(=O)(=O)c2ccn[nH]2)C1. The van der Waals surface area contributed by atoms with Gasteiger partial charge in [-0.25, -0.2) is 8.42 Å². The van der Waals surface area contributed by atoms with E-state index in [2.05, 4.69) is 10.2 Å². The van der Waals surface area contributed by atoms with E-state index in [1.807, 2.05) is 0 Å². The molecule has 0 saturated carbocycles. The van der Waals surface area contributed by atoms with Gasteiger partial charge < -0.3 is 5.73 Å². The van der Waals surface area contributed by atoms with Crippen molar-refractivity contribution in [3.63, 3.8) is 0 Å². The highest BCUT2D eigenvalue weighted by molar-refractivity contribution is 7.89. The highest BCUT2D eigenvalue weighted by Gasteiger charge is 2.31. The first-order valence-electron chi connectivity index (χ1n) is 4.36. The van der Waals surface area contributed by atoms with Crippen LogP contribution < -0.4 is 5.73 Å². The van der Waals surface area contributed by atoms with Gasteiger partial charge in [-0.2, -0.15) is 9.40 Å². The van der Waals surface area contributed by atoms with Gasteiger partial charge >= 0.3 is 0 Å². The fourth-order valence-corrected chi connectivity index (χ4v) is 2.91. The van der Waals surface area contributed by atoms with E-state index >= 15 is 0 Å². The van der Waals surface area contributed by atoms with E-state index in [4.69, 9.17) is 5.73 Å². The van der Waals surface area contributed by atoms with Crippen molar-refractivity contribution in [1.29, 1.82) is 0 Å². The Hall–Kier alpha value is -0.920. The normalized spacial score (nSPS) is 24.2. The van der Waals surface area contributed by atoms with E-state index in [1.165, 1.54) is 16.6 Å². The molecule has 0 radical (unpaired) electrons. The van der Waals surface area contributed by atoms with Crippen LogP contribution in [0.1, 0.15) is 6.42 Å². The average molecular weight is 216 g/mol. The summed E-state index contributed by atoms with van der Waals surface area (Å²) in [4.78, 5) is 0. The largest absolute Gasteiger partial charge is 0.326 e. The van der Waals surface area contributed by atoms with Crippen molar-refractivity contribution in [3.8, 4) is 0 Å². The maximum absolute atomic E-state index is 11.8. The first kappa shape index (κ1) is 9.63. The summed E-state index contributed by atoms with van der Waals surface area (Å²) in [6, 6.07) is 1.40. The van der Waals surface area contributed by atoms with Gasteiger partial charge in [0.1, 0.15) is 0 Å². The van der Waals surface area contributed by atoms with Crippen LogP contribution in [-0.4, -0.2) is 42.1 Å². The van der Waals surface area contributed by atoms with Crippen molar-refractivity contribution >= 4 is 10.0 Å². The Morgan fingerprint density at radius 3 is 2.93 bits per heavy atom. The predicted octanol–water partition coefficient (Wildman–Crippen LogP) is -0.869. The Balaban J connectivity index is 2.26. The lowest BCUT2D eigenvalue weighted by atomic mass is 10.3. The molecule has 1 saturated heterocycles. The van der Waals surface area contributed by atoms with Crippen LogP contribution in [0.4, 0.5) is 0 Å². The lowest BCUT2D eigenvalue weighted by molar-refractivity contribution is 0.469. The minimum absolute atomic E-state index is 0.0484. The number of nitrogens with zero attached hydrogens (tertiary/aromatic N) is 2. The van der Waals surface area contributed by atoms with Gasteiger partial charge in [-0.3, -0.25) is 5.10 Å². The topological polar surface area (TPSA) is 92.1 Å². The lowest BCUT2D eigenvalue weighted by Gasteiger charge is -2.13. The smallest absolute Gasteiger partial charge is 0.260 e. The average Bonchev–Trinajstić information content (AvgIpc) is 2.72. The molecule has 2 rings (SSSR count). The van der Waals surface area contributed by atoms with Gasteiger partial charge in [-0.15, -0.1) is 0 Å². The summed E-state index contributed by atoms with van der Waals surface area (Å²) in [6.07, 6.45) is 2.14. The Morgan fingerprint density at radius 2 is 2.43 bits per heavy atom. The summed E-state index contributed by atoms with van der Waals surface area (Å²) in [5, 5.41) is 6.20. The van der Waals surface area contributed by atoms with Crippen LogP contribution in [0.2, 0.25) is 0 Å². The number of nitrogens with one attached hydrogen (secondary N) is 1. The third-order valence-corrected chi connectivity index (χ3v) is 4.08. The molecule has 0 bridgehead atoms. The second-order valence-corrected chi connectivity index (χ2v) is 5.24. The van der Waals surface area contributed by atoms with Crippen molar-refractivity contribution in [2.75, 3.05) is 13.1 Å². The van der Waals surface area contributed by atoms with Crippen LogP contribution in [0.15, 0.2) is 17.3 Å². The van der Waals surface area contributed by atoms with E-state index in [1.54, 1.807) is 0 Å². The van der Waals surface area contributed by atoms with Gasteiger partial charge in [0.25, 0.3) is 10.0 Å².